The van der Waals surface area contributed by atoms with E-state index in [-0.39, 0.29) is 12.6 Å². The predicted octanol–water partition coefficient (Wildman–Crippen LogP) is 3.67. The number of nitrogens with zero attached hydrogens (tertiary/aromatic N) is 1. The highest BCUT2D eigenvalue weighted by atomic mass is 32.2. The van der Waals surface area contributed by atoms with Crippen LogP contribution in [-0.4, -0.2) is 50.8 Å². The predicted molar refractivity (Wildman–Crippen MR) is 130 cm³/mol. The van der Waals surface area contributed by atoms with Crippen LogP contribution in [0.1, 0.15) is 18.4 Å². The molecule has 3 aromatic rings. The van der Waals surface area contributed by atoms with Crippen molar-refractivity contribution in [1.29, 1.82) is 0 Å². The summed E-state index contributed by atoms with van der Waals surface area (Å²) in [7, 11) is -3.55. The Labute approximate surface area is 195 Å². The lowest BCUT2D eigenvalue weighted by Gasteiger charge is -2.32. The number of hydrogen-bond donors (Lipinski definition) is 2. The third kappa shape index (κ3) is 6.42. The summed E-state index contributed by atoms with van der Waals surface area (Å²) in [6, 6.07) is 24.8. The van der Waals surface area contributed by atoms with Gasteiger partial charge in [-0.15, -0.1) is 0 Å². The number of aliphatic hydroxyl groups excluding tert-OH is 1. The first-order valence-corrected chi connectivity index (χ1v) is 12.7. The number of benzene rings is 3. The molecular weight excluding hydrogens is 436 g/mol. The van der Waals surface area contributed by atoms with Gasteiger partial charge in [-0.3, -0.25) is 4.90 Å². The number of likely N-dealkylation sites (tertiary alicyclic amines) is 1. The van der Waals surface area contributed by atoms with Gasteiger partial charge in [0.15, 0.2) is 0 Å². The summed E-state index contributed by atoms with van der Waals surface area (Å²) >= 11 is 0. The second kappa shape index (κ2) is 10.9. The van der Waals surface area contributed by atoms with Crippen LogP contribution in [0.5, 0.6) is 5.75 Å². The van der Waals surface area contributed by atoms with Gasteiger partial charge in [0.05, 0.1) is 11.5 Å². The molecule has 0 aliphatic carbocycles. The van der Waals surface area contributed by atoms with E-state index in [1.807, 2.05) is 66.7 Å². The van der Waals surface area contributed by atoms with E-state index in [1.165, 1.54) is 5.56 Å². The quantitative estimate of drug-likeness (QED) is 0.503. The van der Waals surface area contributed by atoms with Crippen LogP contribution in [0.25, 0.3) is 11.1 Å². The Kier molecular flexibility index (Phi) is 7.77. The maximum Gasteiger partial charge on any atom is 0.240 e. The molecule has 0 bridgehead atoms. The molecule has 0 atom stereocenters. The summed E-state index contributed by atoms with van der Waals surface area (Å²) in [5, 5.41) is 8.83. The Bertz CT molecular complexity index is 1110. The van der Waals surface area contributed by atoms with Crippen molar-refractivity contribution in [1.82, 2.24) is 9.62 Å². The molecule has 3 aromatic carbocycles. The van der Waals surface area contributed by atoms with Gasteiger partial charge in [-0.1, -0.05) is 54.6 Å². The van der Waals surface area contributed by atoms with E-state index >= 15 is 0 Å². The standard InChI is InChI=1S/C26H30N2O4S/c29-18-19-32-25-10-6-21(7-11-25)20-28-16-14-24(15-17-28)27-33(30,31)26-12-8-23(9-13-26)22-4-2-1-3-5-22/h1-13,24,27,29H,14-20H2. The molecule has 0 unspecified atom stereocenters. The van der Waals surface area contributed by atoms with E-state index in [2.05, 4.69) is 9.62 Å². The number of aliphatic hydroxyl groups is 1. The third-order valence-corrected chi connectivity index (χ3v) is 7.41. The number of nitrogens with one attached hydrogen (secondary N) is 1. The lowest BCUT2D eigenvalue weighted by atomic mass is 10.1. The molecule has 1 aliphatic rings. The van der Waals surface area contributed by atoms with Gasteiger partial charge >= 0.3 is 0 Å². The second-order valence-corrected chi connectivity index (χ2v) is 9.99. The van der Waals surface area contributed by atoms with Crippen molar-refractivity contribution < 1.29 is 18.3 Å². The topological polar surface area (TPSA) is 78.9 Å². The van der Waals surface area contributed by atoms with Crippen LogP contribution in [0.3, 0.4) is 0 Å². The van der Waals surface area contributed by atoms with Gasteiger partial charge in [-0.05, 0) is 53.8 Å². The van der Waals surface area contributed by atoms with Crippen LogP contribution in [0.4, 0.5) is 0 Å². The molecule has 33 heavy (non-hydrogen) atoms. The highest BCUT2D eigenvalue weighted by molar-refractivity contribution is 7.89. The molecule has 174 valence electrons. The Morgan fingerprint density at radius 2 is 1.52 bits per heavy atom. The van der Waals surface area contributed by atoms with Gasteiger partial charge in [0.1, 0.15) is 12.4 Å². The van der Waals surface area contributed by atoms with Crippen LogP contribution < -0.4 is 9.46 Å². The molecule has 1 heterocycles. The Hall–Kier alpha value is -2.71. The van der Waals surface area contributed by atoms with Crippen molar-refractivity contribution in [2.24, 2.45) is 0 Å². The molecule has 1 saturated heterocycles. The Balaban J connectivity index is 1.28. The van der Waals surface area contributed by atoms with Crippen molar-refractivity contribution in [3.63, 3.8) is 0 Å². The molecule has 0 saturated carbocycles. The van der Waals surface area contributed by atoms with Crippen LogP contribution in [0.2, 0.25) is 0 Å². The first-order chi connectivity index (χ1) is 16.0. The zero-order valence-corrected chi connectivity index (χ0v) is 19.4. The highest BCUT2D eigenvalue weighted by Gasteiger charge is 2.24. The van der Waals surface area contributed by atoms with Gasteiger partial charge in [-0.25, -0.2) is 13.1 Å². The van der Waals surface area contributed by atoms with Gasteiger partial charge in [0.2, 0.25) is 10.0 Å². The van der Waals surface area contributed by atoms with E-state index in [0.29, 0.717) is 11.5 Å². The minimum atomic E-state index is -3.55. The monoisotopic (exact) mass is 466 g/mol. The van der Waals surface area contributed by atoms with Crippen LogP contribution in [0.15, 0.2) is 83.8 Å². The lowest BCUT2D eigenvalue weighted by molar-refractivity contribution is 0.198. The second-order valence-electron chi connectivity index (χ2n) is 8.28. The number of rotatable bonds is 9. The SMILES string of the molecule is O=S(=O)(NC1CCN(Cc2ccc(OCCO)cc2)CC1)c1ccc(-c2ccccc2)cc1. The average molecular weight is 467 g/mol. The number of hydrogen-bond acceptors (Lipinski definition) is 5. The van der Waals surface area contributed by atoms with Crippen LogP contribution >= 0.6 is 0 Å². The fraction of sp³-hybridized carbons (Fsp3) is 0.308. The fourth-order valence-corrected chi connectivity index (χ4v) is 5.37. The van der Waals surface area contributed by atoms with Crippen molar-refractivity contribution in [3.8, 4) is 16.9 Å². The largest absolute Gasteiger partial charge is 0.491 e. The van der Waals surface area contributed by atoms with Gasteiger partial charge in [-0.2, -0.15) is 0 Å². The number of piperidine rings is 1. The molecule has 6 nitrogen and oxygen atoms in total. The smallest absolute Gasteiger partial charge is 0.240 e. The normalized spacial score (nSPS) is 15.4. The molecule has 4 rings (SSSR count). The van der Waals surface area contributed by atoms with Crippen molar-refractivity contribution in [2.75, 3.05) is 26.3 Å². The minimum Gasteiger partial charge on any atom is -0.491 e. The summed E-state index contributed by atoms with van der Waals surface area (Å²) in [5.41, 5.74) is 3.24. The van der Waals surface area contributed by atoms with E-state index < -0.39 is 10.0 Å². The Morgan fingerprint density at radius 1 is 0.879 bits per heavy atom. The van der Waals surface area contributed by atoms with E-state index in [1.54, 1.807) is 12.1 Å². The third-order valence-electron chi connectivity index (χ3n) is 5.87. The lowest BCUT2D eigenvalue weighted by Crippen LogP contribution is -2.44. The van der Waals surface area contributed by atoms with Gasteiger partial charge in [0.25, 0.3) is 0 Å². The average Bonchev–Trinajstić information content (AvgIpc) is 2.85. The molecule has 0 amide bonds. The molecule has 0 radical (unpaired) electrons. The summed E-state index contributed by atoms with van der Waals surface area (Å²) in [4.78, 5) is 2.64. The molecule has 1 fully saturated rings. The summed E-state index contributed by atoms with van der Waals surface area (Å²) in [5.74, 6) is 0.748. The van der Waals surface area contributed by atoms with Gasteiger partial charge in [0, 0.05) is 25.7 Å². The number of sulfonamides is 1. The van der Waals surface area contributed by atoms with Crippen LogP contribution in [-0.2, 0) is 16.6 Å². The summed E-state index contributed by atoms with van der Waals surface area (Å²) < 4.78 is 34.0. The molecular formula is C26H30N2O4S. The van der Waals surface area contributed by atoms with Gasteiger partial charge < -0.3 is 9.84 Å². The maximum atomic E-state index is 12.9. The van der Waals surface area contributed by atoms with Crippen molar-refractivity contribution in [2.45, 2.75) is 30.3 Å². The molecule has 7 heteroatoms. The maximum absolute atomic E-state index is 12.9. The summed E-state index contributed by atoms with van der Waals surface area (Å²) in [6.07, 6.45) is 1.55. The van der Waals surface area contributed by atoms with E-state index in [0.717, 1.165) is 49.4 Å². The number of ether oxygens (including phenoxy) is 1. The fourth-order valence-electron chi connectivity index (χ4n) is 4.07. The zero-order chi connectivity index (χ0) is 23.1. The van der Waals surface area contributed by atoms with Crippen LogP contribution in [0, 0.1) is 0 Å². The molecule has 2 N–H and O–H groups in total. The summed E-state index contributed by atoms with van der Waals surface area (Å²) in [6.45, 7) is 2.78. The van der Waals surface area contributed by atoms with Crippen molar-refractivity contribution >= 4 is 10.0 Å². The molecule has 0 aromatic heterocycles. The molecule has 0 spiro atoms. The Morgan fingerprint density at radius 3 is 2.15 bits per heavy atom. The first-order valence-electron chi connectivity index (χ1n) is 11.3. The molecule has 1 aliphatic heterocycles. The first kappa shape index (κ1) is 23.4. The zero-order valence-electron chi connectivity index (χ0n) is 18.6. The highest BCUT2D eigenvalue weighted by Crippen LogP contribution is 2.22. The minimum absolute atomic E-state index is 0.000547. The van der Waals surface area contributed by atoms with E-state index in [9.17, 15) is 8.42 Å². The van der Waals surface area contributed by atoms with Crippen molar-refractivity contribution in [3.05, 3.63) is 84.4 Å². The van der Waals surface area contributed by atoms with E-state index in [4.69, 9.17) is 9.84 Å².